The molecule has 4 aliphatic carbocycles. The first kappa shape index (κ1) is 79.8. The van der Waals surface area contributed by atoms with Crippen LogP contribution in [0.3, 0.4) is 0 Å². The second kappa shape index (κ2) is 32.5. The molecule has 0 saturated heterocycles. The van der Waals surface area contributed by atoms with Crippen molar-refractivity contribution >= 4 is 44.4 Å². The van der Waals surface area contributed by atoms with Crippen molar-refractivity contribution in [2.24, 2.45) is 0 Å². The second-order valence-electron chi connectivity index (χ2n) is 34.7. The average Bonchev–Trinajstić information content (AvgIpc) is 1.54. The van der Waals surface area contributed by atoms with Gasteiger partial charge in [-0.15, -0.1) is 0 Å². The van der Waals surface area contributed by atoms with Gasteiger partial charge < -0.3 is 10.2 Å². The van der Waals surface area contributed by atoms with Crippen LogP contribution in [-0.2, 0) is 21.7 Å². The number of nitrogens with one attached hydrogen (secondary N) is 1. The summed E-state index contributed by atoms with van der Waals surface area (Å²) in [5, 5.41) is 3.77. The van der Waals surface area contributed by atoms with Gasteiger partial charge in [0.05, 0.1) is 16.5 Å². The molecule has 0 spiro atoms. The van der Waals surface area contributed by atoms with Crippen molar-refractivity contribution in [3.63, 3.8) is 0 Å². The number of nitrogens with zero attached hydrogens (tertiary/aromatic N) is 1. The molecule has 0 heterocycles. The van der Waals surface area contributed by atoms with Gasteiger partial charge >= 0.3 is 0 Å². The Morgan fingerprint density at radius 2 is 0.548 bits per heavy atom. The molecule has 0 bridgehead atoms. The van der Waals surface area contributed by atoms with E-state index in [-0.39, 0.29) is 23.7 Å². The minimum atomic E-state index is -0.522. The normalized spacial score (nSPS) is 13.6. The number of aryl methyl sites for hydroxylation is 4. The molecule has 0 aromatic heterocycles. The van der Waals surface area contributed by atoms with Crippen LogP contribution in [-0.4, -0.2) is 0 Å². The molecule has 3 heteroatoms. The van der Waals surface area contributed by atoms with Gasteiger partial charge in [-0.1, -0.05) is 425 Å². The van der Waals surface area contributed by atoms with Crippen LogP contribution in [0.4, 0.5) is 28.4 Å². The van der Waals surface area contributed by atoms with Crippen LogP contribution in [0.5, 0.6) is 0 Å². The molecule has 22 rings (SSSR count). The van der Waals surface area contributed by atoms with Gasteiger partial charge in [0.2, 0.25) is 0 Å². The smallest absolute Gasteiger partial charge is 0.0714 e. The fourth-order valence-electron chi connectivity index (χ4n) is 20.7. The van der Waals surface area contributed by atoms with Gasteiger partial charge in [0, 0.05) is 49.2 Å². The Labute approximate surface area is 740 Å². The quantitative estimate of drug-likeness (QED) is 0.124. The molecule has 0 amide bonds. The Morgan fingerprint density at radius 1 is 0.226 bits per heavy atom. The number of hydrogen-bond acceptors (Lipinski definition) is 2. The lowest BCUT2D eigenvalue weighted by atomic mass is 9.67. The van der Waals surface area contributed by atoms with Crippen LogP contribution in [0.2, 0.25) is 0 Å². The van der Waals surface area contributed by atoms with Gasteiger partial charge in [0.15, 0.2) is 0 Å². The van der Waals surface area contributed by atoms with E-state index in [4.69, 9.17) is 0 Å². The highest BCUT2D eigenvalue weighted by molar-refractivity contribution is 9.10. The number of rotatable bonds is 13. The van der Waals surface area contributed by atoms with Gasteiger partial charge in [-0.3, -0.25) is 0 Å². The Morgan fingerprint density at radius 3 is 1.00 bits per heavy atom. The van der Waals surface area contributed by atoms with E-state index in [1.807, 2.05) is 0 Å². The fraction of sp³-hybridized carbons (Fsp3) is 0.107. The van der Waals surface area contributed by atoms with E-state index < -0.39 is 5.41 Å². The lowest BCUT2D eigenvalue weighted by molar-refractivity contribution is 0.660. The van der Waals surface area contributed by atoms with Crippen molar-refractivity contribution in [2.75, 3.05) is 10.2 Å². The second-order valence-corrected chi connectivity index (χ2v) is 35.7. The monoisotopic (exact) mass is 1660 g/mol. The van der Waals surface area contributed by atoms with E-state index >= 15 is 0 Å². The van der Waals surface area contributed by atoms with E-state index in [9.17, 15) is 0 Å². The SMILES string of the molecule is Brc1ccc2c(c1)C(c1ccccc1)(c1ccccc1)c1ccccc1-2.C.Cc1cccc(-c2ccc(N(c3ccc4c(c3)C(C)(C)c3ccccc3-4)c3ccc4c(c3)C(c3ccccc3)(c3ccccc3)c3ccccc3-4)c(-c3cccc(C)c3)c2)c1.Cc1cccc(-c2ccc(Nc3ccc4c(c3)C(C)(C)c3ccccc3-4)c(-c3cccc(C)c3)c2)c1. The van der Waals surface area contributed by atoms with Gasteiger partial charge in [0.25, 0.3) is 0 Å². The molecule has 0 saturated carbocycles. The number of hydrogen-bond donors (Lipinski definition) is 1. The molecular formula is C121H99BrN2. The highest BCUT2D eigenvalue weighted by Gasteiger charge is 2.48. The third-order valence-electron chi connectivity index (χ3n) is 26.4. The molecule has 18 aromatic rings. The van der Waals surface area contributed by atoms with Crippen LogP contribution in [0, 0.1) is 27.7 Å². The lowest BCUT2D eigenvalue weighted by Gasteiger charge is -2.35. The van der Waals surface area contributed by atoms with Crippen molar-refractivity contribution in [1.82, 2.24) is 0 Å². The summed E-state index contributed by atoms with van der Waals surface area (Å²) in [6.45, 7) is 18.1. The molecular weight excluding hydrogens is 1560 g/mol. The zero-order chi connectivity index (χ0) is 83.7. The first-order chi connectivity index (χ1) is 60.0. The van der Waals surface area contributed by atoms with Crippen LogP contribution in [0.1, 0.15) is 124 Å². The van der Waals surface area contributed by atoms with Gasteiger partial charge in [-0.25, -0.2) is 0 Å². The molecule has 0 aliphatic heterocycles. The summed E-state index contributed by atoms with van der Waals surface area (Å²) in [5.74, 6) is 0. The number of benzene rings is 18. The van der Waals surface area contributed by atoms with E-state index in [1.165, 1.54) is 178 Å². The molecule has 2 nitrogen and oxygen atoms in total. The van der Waals surface area contributed by atoms with Crippen LogP contribution < -0.4 is 10.2 Å². The Kier molecular flexibility index (Phi) is 20.9. The number of fused-ring (bicyclic) bond motifs is 12. The maximum absolute atomic E-state index is 3.77. The molecule has 124 heavy (non-hydrogen) atoms. The van der Waals surface area contributed by atoms with Crippen molar-refractivity contribution < 1.29 is 0 Å². The minimum absolute atomic E-state index is 0. The third kappa shape index (κ3) is 13.8. The summed E-state index contributed by atoms with van der Waals surface area (Å²) in [6, 6.07) is 157. The van der Waals surface area contributed by atoms with Crippen molar-refractivity contribution in [3.05, 3.63) is 518 Å². The first-order valence-corrected chi connectivity index (χ1v) is 43.8. The largest absolute Gasteiger partial charge is 0.355 e. The minimum Gasteiger partial charge on any atom is -0.355 e. The van der Waals surface area contributed by atoms with Crippen molar-refractivity contribution in [3.8, 4) is 89.0 Å². The number of anilines is 5. The zero-order valence-corrected chi connectivity index (χ0v) is 72.3. The summed E-state index contributed by atoms with van der Waals surface area (Å²) in [6.07, 6.45) is 0. The summed E-state index contributed by atoms with van der Waals surface area (Å²) in [7, 11) is 0. The highest BCUT2D eigenvalue weighted by atomic mass is 79.9. The Hall–Kier alpha value is -14.0. The van der Waals surface area contributed by atoms with Crippen LogP contribution in [0.15, 0.2) is 429 Å². The van der Waals surface area contributed by atoms with Crippen molar-refractivity contribution in [1.29, 1.82) is 0 Å². The molecule has 18 aromatic carbocycles. The maximum atomic E-state index is 3.77. The average molecular weight is 1660 g/mol. The summed E-state index contributed by atoms with van der Waals surface area (Å²) in [4.78, 5) is 2.53. The Balaban J connectivity index is 0.000000135. The zero-order valence-electron chi connectivity index (χ0n) is 70.7. The van der Waals surface area contributed by atoms with Crippen LogP contribution >= 0.6 is 15.9 Å². The summed E-state index contributed by atoms with van der Waals surface area (Å²) >= 11 is 3.71. The topological polar surface area (TPSA) is 15.3 Å². The molecule has 0 radical (unpaired) electrons. The predicted octanol–water partition coefficient (Wildman–Crippen LogP) is 32.9. The van der Waals surface area contributed by atoms with Gasteiger partial charge in [-0.2, -0.15) is 0 Å². The fourth-order valence-corrected chi connectivity index (χ4v) is 21.0. The van der Waals surface area contributed by atoms with E-state index in [0.717, 1.165) is 32.9 Å². The van der Waals surface area contributed by atoms with Gasteiger partial charge in [0.1, 0.15) is 0 Å². The molecule has 0 unspecified atom stereocenters. The highest BCUT2D eigenvalue weighted by Crippen LogP contribution is 2.61. The standard InChI is InChI=1S/C60H47N.C35H31N.C25H17Br.CH4/c1-40-17-15-19-42(35-40)43-29-34-58(53(37-43)44-20-16-18-41(2)36-44)61(47-30-32-51-49-25-11-13-27-54(49)59(3,4)56(51)38-47)48-31-33-52-50-26-12-14-28-55(50)60(57(52)39-48,45-21-7-5-8-22-45)46-23-9-6-10-24-46;1-23-9-7-11-25(19-23)26-15-18-34(31(21-26)27-12-8-10-24(2)20-27)36-28-16-17-30-29-13-5-6-14-32(29)35(3,4)33(30)22-28;26-20-15-16-22-21-13-7-8-14-23(21)25(24(22)17-20,18-9-3-1-4-10-18)19-11-5-2-6-12-19;/h5-39H,1-4H3;5-22,36H,1-4H3;1-17H;1H4. The molecule has 0 fully saturated rings. The molecule has 600 valence electrons. The predicted molar refractivity (Wildman–Crippen MR) is 529 cm³/mol. The van der Waals surface area contributed by atoms with E-state index in [0.29, 0.717) is 0 Å². The van der Waals surface area contributed by atoms with Gasteiger partial charge in [-0.05, 0) is 245 Å². The van der Waals surface area contributed by atoms with E-state index in [2.05, 4.69) is 506 Å². The first-order valence-electron chi connectivity index (χ1n) is 43.0. The Bertz CT molecular complexity index is 7010. The van der Waals surface area contributed by atoms with Crippen molar-refractivity contribution in [2.45, 2.75) is 84.5 Å². The number of halogens is 1. The maximum Gasteiger partial charge on any atom is 0.0714 e. The summed E-state index contributed by atoms with van der Waals surface area (Å²) < 4.78 is 1.11. The molecule has 0 atom stereocenters. The lowest BCUT2D eigenvalue weighted by Crippen LogP contribution is -2.28. The third-order valence-corrected chi connectivity index (χ3v) is 26.9. The molecule has 1 N–H and O–H groups in total. The summed E-state index contributed by atoms with van der Waals surface area (Å²) in [5.41, 5.74) is 45.8. The van der Waals surface area contributed by atoms with Crippen LogP contribution in [0.25, 0.3) is 89.0 Å². The van der Waals surface area contributed by atoms with E-state index in [1.54, 1.807) is 0 Å². The molecule has 4 aliphatic rings.